The highest BCUT2D eigenvalue weighted by Gasteiger charge is 2.12. The summed E-state index contributed by atoms with van der Waals surface area (Å²) in [6.07, 6.45) is 0. The first-order valence-electron chi connectivity index (χ1n) is 7.94. The lowest BCUT2D eigenvalue weighted by molar-refractivity contribution is -0.117. The van der Waals surface area contributed by atoms with Gasteiger partial charge < -0.3 is 10.1 Å². The van der Waals surface area contributed by atoms with Crippen LogP contribution >= 0.6 is 23.2 Å². The second-order valence-electron chi connectivity index (χ2n) is 5.59. The van der Waals surface area contributed by atoms with E-state index >= 15 is 0 Å². The molecule has 0 aliphatic carbocycles. The first kappa shape index (κ1) is 18.9. The van der Waals surface area contributed by atoms with Crippen molar-refractivity contribution >= 4 is 34.8 Å². The lowest BCUT2D eigenvalue weighted by atomic mass is 10.1. The number of para-hydroxylation sites is 1. The number of halogens is 2. The van der Waals surface area contributed by atoms with E-state index < -0.39 is 11.5 Å². The zero-order valence-corrected chi connectivity index (χ0v) is 15.8. The molecule has 1 amide bonds. The van der Waals surface area contributed by atoms with E-state index in [1.165, 1.54) is 12.1 Å². The van der Waals surface area contributed by atoms with Crippen molar-refractivity contribution in [1.29, 1.82) is 0 Å². The lowest BCUT2D eigenvalue weighted by Gasteiger charge is -2.11. The van der Waals surface area contributed by atoms with Gasteiger partial charge in [-0.1, -0.05) is 35.3 Å². The number of anilines is 1. The summed E-state index contributed by atoms with van der Waals surface area (Å²) >= 11 is 12.0. The number of ether oxygens (including phenoxy) is 1. The maximum atomic E-state index is 12.3. The topological polar surface area (TPSA) is 73.2 Å². The molecule has 8 heteroatoms. The molecule has 1 aromatic heterocycles. The van der Waals surface area contributed by atoms with Crippen molar-refractivity contribution in [1.82, 2.24) is 9.78 Å². The van der Waals surface area contributed by atoms with E-state index in [1.807, 2.05) is 18.2 Å². The number of benzene rings is 2. The molecule has 0 aliphatic heterocycles. The third kappa shape index (κ3) is 4.48. The molecule has 3 rings (SSSR count). The molecule has 138 valence electrons. The van der Waals surface area contributed by atoms with Crippen molar-refractivity contribution in [2.24, 2.45) is 0 Å². The highest BCUT2D eigenvalue weighted by Crippen LogP contribution is 2.27. The van der Waals surface area contributed by atoms with Gasteiger partial charge in [0, 0.05) is 16.7 Å². The van der Waals surface area contributed by atoms with Crippen molar-refractivity contribution in [2.75, 3.05) is 12.4 Å². The van der Waals surface area contributed by atoms with Crippen LogP contribution in [-0.4, -0.2) is 22.8 Å². The van der Waals surface area contributed by atoms with Gasteiger partial charge in [0.1, 0.15) is 12.3 Å². The zero-order chi connectivity index (χ0) is 19.4. The largest absolute Gasteiger partial charge is 0.496 e. The molecule has 0 saturated heterocycles. The summed E-state index contributed by atoms with van der Waals surface area (Å²) in [6, 6.07) is 14.9. The Balaban J connectivity index is 1.86. The third-order valence-corrected chi connectivity index (χ3v) is 4.31. The highest BCUT2D eigenvalue weighted by atomic mass is 35.5. The highest BCUT2D eigenvalue weighted by molar-refractivity contribution is 6.35. The van der Waals surface area contributed by atoms with E-state index in [0.717, 1.165) is 4.68 Å². The van der Waals surface area contributed by atoms with Gasteiger partial charge in [-0.2, -0.15) is 5.10 Å². The van der Waals surface area contributed by atoms with Crippen LogP contribution in [0, 0.1) is 0 Å². The number of methoxy groups -OCH3 is 1. The minimum atomic E-state index is -0.453. The molecular formula is C19H15Cl2N3O3. The van der Waals surface area contributed by atoms with Crippen LogP contribution in [0.4, 0.5) is 5.69 Å². The van der Waals surface area contributed by atoms with E-state index in [0.29, 0.717) is 32.7 Å². The number of amides is 1. The summed E-state index contributed by atoms with van der Waals surface area (Å²) in [5.41, 5.74) is 1.19. The molecule has 0 unspecified atom stereocenters. The molecule has 2 aromatic carbocycles. The third-order valence-electron chi connectivity index (χ3n) is 3.75. The Bertz CT molecular complexity index is 1050. The fourth-order valence-electron chi connectivity index (χ4n) is 2.48. The summed E-state index contributed by atoms with van der Waals surface area (Å²) in [5, 5.41) is 7.68. The average Bonchev–Trinajstić information content (AvgIpc) is 2.66. The first-order chi connectivity index (χ1) is 13.0. The van der Waals surface area contributed by atoms with Gasteiger partial charge in [0.15, 0.2) is 0 Å². The Morgan fingerprint density at radius 1 is 1.15 bits per heavy atom. The van der Waals surface area contributed by atoms with Crippen molar-refractivity contribution in [3.8, 4) is 17.0 Å². The summed E-state index contributed by atoms with van der Waals surface area (Å²) in [7, 11) is 1.55. The maximum absolute atomic E-state index is 12.3. The second-order valence-corrected chi connectivity index (χ2v) is 6.43. The van der Waals surface area contributed by atoms with Gasteiger partial charge >= 0.3 is 0 Å². The molecule has 0 radical (unpaired) electrons. The van der Waals surface area contributed by atoms with Crippen LogP contribution < -0.4 is 15.6 Å². The van der Waals surface area contributed by atoms with E-state index in [2.05, 4.69) is 10.4 Å². The van der Waals surface area contributed by atoms with Gasteiger partial charge in [0.2, 0.25) is 5.91 Å². The second kappa shape index (κ2) is 8.24. The zero-order valence-electron chi connectivity index (χ0n) is 14.3. The molecule has 0 aliphatic rings. The molecule has 1 heterocycles. The predicted octanol–water partition coefficient (Wildman–Crippen LogP) is 3.86. The first-order valence-corrected chi connectivity index (χ1v) is 8.70. The van der Waals surface area contributed by atoms with Crippen LogP contribution in [-0.2, 0) is 11.3 Å². The lowest BCUT2D eigenvalue weighted by Crippen LogP contribution is -2.29. The number of rotatable bonds is 5. The molecule has 0 fully saturated rings. The number of hydrogen-bond acceptors (Lipinski definition) is 4. The van der Waals surface area contributed by atoms with Crippen LogP contribution in [0.3, 0.4) is 0 Å². The van der Waals surface area contributed by atoms with Gasteiger partial charge in [-0.3, -0.25) is 9.59 Å². The van der Waals surface area contributed by atoms with Crippen LogP contribution in [0.25, 0.3) is 11.3 Å². The molecule has 27 heavy (non-hydrogen) atoms. The fraction of sp³-hybridized carbons (Fsp3) is 0.105. The smallest absolute Gasteiger partial charge is 0.267 e. The quantitative estimate of drug-likeness (QED) is 0.701. The molecule has 3 aromatic rings. The van der Waals surface area contributed by atoms with Gasteiger partial charge in [-0.05, 0) is 36.4 Å². The molecule has 0 saturated carbocycles. The Morgan fingerprint density at radius 3 is 2.70 bits per heavy atom. The SMILES string of the molecule is COc1ccccc1-c1ccc(=O)n(CC(=O)Nc2cc(Cl)ccc2Cl)n1. The van der Waals surface area contributed by atoms with Crippen molar-refractivity contribution in [3.05, 3.63) is 75.0 Å². The van der Waals surface area contributed by atoms with Gasteiger partial charge in [0.25, 0.3) is 5.56 Å². The molecule has 0 atom stereocenters. The number of carbonyl (C=O) groups is 1. The molecule has 0 bridgehead atoms. The number of hydrogen-bond donors (Lipinski definition) is 1. The summed E-state index contributed by atoms with van der Waals surface area (Å²) in [6.45, 7) is -0.273. The van der Waals surface area contributed by atoms with Crippen molar-refractivity contribution in [3.63, 3.8) is 0 Å². The standard InChI is InChI=1S/C19H15Cl2N3O3/c1-27-17-5-3-2-4-13(17)15-8-9-19(26)24(23-15)11-18(25)22-16-10-12(20)6-7-14(16)21/h2-10H,11H2,1H3,(H,22,25). The Kier molecular flexibility index (Phi) is 5.78. The minimum absolute atomic E-state index is 0.273. The molecule has 6 nitrogen and oxygen atoms in total. The number of carbonyl (C=O) groups excluding carboxylic acids is 1. The van der Waals surface area contributed by atoms with Crippen molar-refractivity contribution in [2.45, 2.75) is 6.54 Å². The van der Waals surface area contributed by atoms with Gasteiger partial charge in [0.05, 0.1) is 23.5 Å². The summed E-state index contributed by atoms with van der Waals surface area (Å²) < 4.78 is 6.40. The fourth-order valence-corrected chi connectivity index (χ4v) is 2.82. The van der Waals surface area contributed by atoms with E-state index in [9.17, 15) is 9.59 Å². The number of aromatic nitrogens is 2. The monoisotopic (exact) mass is 403 g/mol. The Hall–Kier alpha value is -2.83. The molecule has 0 spiro atoms. The Labute approximate surface area is 165 Å². The van der Waals surface area contributed by atoms with Crippen LogP contribution in [0.2, 0.25) is 10.0 Å². The van der Waals surface area contributed by atoms with E-state index in [1.54, 1.807) is 31.4 Å². The Morgan fingerprint density at radius 2 is 1.93 bits per heavy atom. The summed E-state index contributed by atoms with van der Waals surface area (Å²) in [5.74, 6) is 0.163. The van der Waals surface area contributed by atoms with Crippen LogP contribution in [0.1, 0.15) is 0 Å². The number of nitrogens with one attached hydrogen (secondary N) is 1. The normalized spacial score (nSPS) is 10.5. The molecule has 1 N–H and O–H groups in total. The number of nitrogens with zero attached hydrogens (tertiary/aromatic N) is 2. The average molecular weight is 404 g/mol. The van der Waals surface area contributed by atoms with Crippen LogP contribution in [0.15, 0.2) is 59.4 Å². The predicted molar refractivity (Wildman–Crippen MR) is 106 cm³/mol. The summed E-state index contributed by atoms with van der Waals surface area (Å²) in [4.78, 5) is 24.4. The minimum Gasteiger partial charge on any atom is -0.496 e. The maximum Gasteiger partial charge on any atom is 0.267 e. The van der Waals surface area contributed by atoms with Gasteiger partial charge in [-0.25, -0.2) is 4.68 Å². The van der Waals surface area contributed by atoms with E-state index in [-0.39, 0.29) is 6.54 Å². The van der Waals surface area contributed by atoms with Crippen LogP contribution in [0.5, 0.6) is 5.75 Å². The van der Waals surface area contributed by atoms with Crippen molar-refractivity contribution < 1.29 is 9.53 Å². The van der Waals surface area contributed by atoms with Gasteiger partial charge in [-0.15, -0.1) is 0 Å². The molecular weight excluding hydrogens is 389 g/mol. The van der Waals surface area contributed by atoms with E-state index in [4.69, 9.17) is 27.9 Å².